The normalized spacial score (nSPS) is 23.2. The highest BCUT2D eigenvalue weighted by molar-refractivity contribution is 7.99. The second-order valence-corrected chi connectivity index (χ2v) is 8.62. The standard InChI is InChI=1S/C19H22F4N2O3S/c20-16-8-12(1-2-13(16)9-19(21,22)23)14-7-15(17(26)27)11-25(10-14)18(28)24-3-5-29-6-4-24/h1-2,8,14-15H,3-7,9-11H2,(H,26,27). The summed E-state index contributed by atoms with van der Waals surface area (Å²) in [6, 6.07) is 3.29. The maximum atomic E-state index is 14.2. The number of hydrogen-bond acceptors (Lipinski definition) is 3. The van der Waals surface area contributed by atoms with Crippen LogP contribution in [0.5, 0.6) is 0 Å². The zero-order valence-corrected chi connectivity index (χ0v) is 16.4. The molecule has 160 valence electrons. The van der Waals surface area contributed by atoms with Crippen LogP contribution in [0.25, 0.3) is 0 Å². The van der Waals surface area contributed by atoms with E-state index in [0.29, 0.717) is 18.7 Å². The van der Waals surface area contributed by atoms with Gasteiger partial charge in [-0.05, 0) is 23.6 Å². The van der Waals surface area contributed by atoms with Crippen LogP contribution < -0.4 is 0 Å². The molecular formula is C19H22F4N2O3S. The van der Waals surface area contributed by atoms with Gasteiger partial charge in [0.15, 0.2) is 0 Å². The fourth-order valence-electron chi connectivity index (χ4n) is 3.81. The second kappa shape index (κ2) is 8.81. The SMILES string of the molecule is O=C(O)C1CC(c2ccc(CC(F)(F)F)c(F)c2)CN(C(=O)N2CCSCC2)C1. The summed E-state index contributed by atoms with van der Waals surface area (Å²) in [5.41, 5.74) is -0.0445. The number of thioether (sulfide) groups is 1. The van der Waals surface area contributed by atoms with Gasteiger partial charge in [-0.25, -0.2) is 9.18 Å². The smallest absolute Gasteiger partial charge is 0.393 e. The molecule has 2 aliphatic heterocycles. The van der Waals surface area contributed by atoms with E-state index in [0.717, 1.165) is 23.6 Å². The number of carbonyl (C=O) groups excluding carboxylic acids is 1. The van der Waals surface area contributed by atoms with Gasteiger partial charge in [0.05, 0.1) is 12.3 Å². The Balaban J connectivity index is 1.79. The highest BCUT2D eigenvalue weighted by atomic mass is 32.2. The summed E-state index contributed by atoms with van der Waals surface area (Å²) < 4.78 is 51.9. The van der Waals surface area contributed by atoms with Crippen molar-refractivity contribution in [1.29, 1.82) is 0 Å². The molecule has 2 aliphatic rings. The molecule has 0 aromatic heterocycles. The molecule has 2 amide bonds. The molecule has 2 unspecified atom stereocenters. The van der Waals surface area contributed by atoms with E-state index in [4.69, 9.17) is 0 Å². The van der Waals surface area contributed by atoms with Crippen molar-refractivity contribution in [2.24, 2.45) is 5.92 Å². The highest BCUT2D eigenvalue weighted by Crippen LogP contribution is 2.33. The number of piperidine rings is 1. The first-order chi connectivity index (χ1) is 13.6. The minimum Gasteiger partial charge on any atom is -0.481 e. The number of aliphatic carboxylic acids is 1. The van der Waals surface area contributed by atoms with Crippen molar-refractivity contribution in [2.75, 3.05) is 37.7 Å². The number of rotatable bonds is 3. The van der Waals surface area contributed by atoms with Gasteiger partial charge in [0, 0.05) is 43.6 Å². The largest absolute Gasteiger partial charge is 0.481 e. The van der Waals surface area contributed by atoms with E-state index in [2.05, 4.69) is 0 Å². The summed E-state index contributed by atoms with van der Waals surface area (Å²) in [6.45, 7) is 1.46. The first-order valence-electron chi connectivity index (χ1n) is 9.33. The van der Waals surface area contributed by atoms with Gasteiger partial charge in [-0.15, -0.1) is 0 Å². The molecule has 0 aliphatic carbocycles. The Kier molecular flexibility index (Phi) is 6.60. The molecule has 1 N–H and O–H groups in total. The number of amides is 2. The predicted molar refractivity (Wildman–Crippen MR) is 101 cm³/mol. The van der Waals surface area contributed by atoms with Crippen molar-refractivity contribution in [3.05, 3.63) is 35.1 Å². The van der Waals surface area contributed by atoms with Gasteiger partial charge in [0.25, 0.3) is 0 Å². The Labute approximate surface area is 170 Å². The fraction of sp³-hybridized carbons (Fsp3) is 0.579. The average molecular weight is 434 g/mol. The van der Waals surface area contributed by atoms with Crippen LogP contribution in [0.3, 0.4) is 0 Å². The number of hydrogen-bond donors (Lipinski definition) is 1. The minimum absolute atomic E-state index is 0.0724. The van der Waals surface area contributed by atoms with Gasteiger partial charge >= 0.3 is 18.2 Å². The van der Waals surface area contributed by atoms with Crippen molar-refractivity contribution in [3.63, 3.8) is 0 Å². The third kappa shape index (κ3) is 5.55. The van der Waals surface area contributed by atoms with Crippen LogP contribution in [0.15, 0.2) is 18.2 Å². The number of carboxylic acids is 1. The van der Waals surface area contributed by atoms with E-state index < -0.39 is 41.8 Å². The summed E-state index contributed by atoms with van der Waals surface area (Å²) in [5, 5.41) is 9.49. The summed E-state index contributed by atoms with van der Waals surface area (Å²) in [6.07, 6.45) is -5.68. The Morgan fingerprint density at radius 1 is 1.14 bits per heavy atom. The van der Waals surface area contributed by atoms with Crippen molar-refractivity contribution in [3.8, 4) is 0 Å². The van der Waals surface area contributed by atoms with Gasteiger partial charge in [-0.2, -0.15) is 24.9 Å². The number of likely N-dealkylation sites (tertiary alicyclic amines) is 1. The first kappa shape index (κ1) is 21.7. The number of nitrogens with zero attached hydrogens (tertiary/aromatic N) is 2. The van der Waals surface area contributed by atoms with Crippen LogP contribution in [0.2, 0.25) is 0 Å². The maximum absolute atomic E-state index is 14.2. The van der Waals surface area contributed by atoms with Crippen LogP contribution in [0.1, 0.15) is 23.5 Å². The number of urea groups is 1. The Bertz CT molecular complexity index is 768. The third-order valence-electron chi connectivity index (χ3n) is 5.29. The molecule has 1 aromatic rings. The van der Waals surface area contributed by atoms with Crippen molar-refractivity contribution >= 4 is 23.8 Å². The molecule has 10 heteroatoms. The van der Waals surface area contributed by atoms with E-state index in [1.165, 1.54) is 11.0 Å². The summed E-state index contributed by atoms with van der Waals surface area (Å²) in [5.74, 6) is -1.65. The highest BCUT2D eigenvalue weighted by Gasteiger charge is 2.37. The molecule has 0 spiro atoms. The molecule has 5 nitrogen and oxygen atoms in total. The Morgan fingerprint density at radius 3 is 2.41 bits per heavy atom. The van der Waals surface area contributed by atoms with Crippen molar-refractivity contribution in [2.45, 2.75) is 24.9 Å². The molecule has 2 fully saturated rings. The number of benzene rings is 1. The molecule has 29 heavy (non-hydrogen) atoms. The van der Waals surface area contributed by atoms with Gasteiger partial charge in [-0.3, -0.25) is 4.79 Å². The quantitative estimate of drug-likeness (QED) is 0.739. The van der Waals surface area contributed by atoms with Gasteiger partial charge in [0.2, 0.25) is 0 Å². The van der Waals surface area contributed by atoms with Crippen molar-refractivity contribution < 1.29 is 32.3 Å². The second-order valence-electron chi connectivity index (χ2n) is 7.40. The number of carboxylic acid groups (broad SMARTS) is 1. The lowest BCUT2D eigenvalue weighted by atomic mass is 9.84. The summed E-state index contributed by atoms with van der Waals surface area (Å²) >= 11 is 1.74. The Morgan fingerprint density at radius 2 is 1.83 bits per heavy atom. The zero-order chi connectivity index (χ0) is 21.2. The van der Waals surface area contributed by atoms with E-state index in [-0.39, 0.29) is 25.5 Å². The molecule has 2 saturated heterocycles. The molecule has 0 bridgehead atoms. The number of alkyl halides is 3. The number of carbonyl (C=O) groups is 2. The van der Waals surface area contributed by atoms with Crippen LogP contribution in [0.4, 0.5) is 22.4 Å². The average Bonchev–Trinajstić information content (AvgIpc) is 2.68. The van der Waals surface area contributed by atoms with Crippen molar-refractivity contribution in [1.82, 2.24) is 9.80 Å². The molecule has 2 atom stereocenters. The lowest BCUT2D eigenvalue weighted by Crippen LogP contribution is -2.52. The van der Waals surface area contributed by atoms with E-state index in [9.17, 15) is 32.3 Å². The zero-order valence-electron chi connectivity index (χ0n) is 15.6. The predicted octanol–water partition coefficient (Wildman–Crippen LogP) is 3.59. The van der Waals surface area contributed by atoms with Crippen LogP contribution >= 0.6 is 11.8 Å². The van der Waals surface area contributed by atoms with E-state index >= 15 is 0 Å². The van der Waals surface area contributed by atoms with Gasteiger partial charge in [0.1, 0.15) is 5.82 Å². The van der Waals surface area contributed by atoms with Gasteiger partial charge in [-0.1, -0.05) is 12.1 Å². The maximum Gasteiger partial charge on any atom is 0.393 e. The van der Waals surface area contributed by atoms with Crippen LogP contribution in [-0.4, -0.2) is 70.8 Å². The molecule has 0 saturated carbocycles. The third-order valence-corrected chi connectivity index (χ3v) is 6.23. The summed E-state index contributed by atoms with van der Waals surface area (Å²) in [4.78, 5) is 27.6. The molecular weight excluding hydrogens is 412 g/mol. The lowest BCUT2D eigenvalue weighted by molar-refractivity contribution is -0.143. The Hall–Kier alpha value is -1.97. The van der Waals surface area contributed by atoms with Gasteiger partial charge < -0.3 is 14.9 Å². The lowest BCUT2D eigenvalue weighted by Gasteiger charge is -2.40. The first-order valence-corrected chi connectivity index (χ1v) is 10.5. The molecule has 2 heterocycles. The summed E-state index contributed by atoms with van der Waals surface area (Å²) in [7, 11) is 0. The molecule has 3 rings (SSSR count). The molecule has 1 aromatic carbocycles. The van der Waals surface area contributed by atoms with Crippen LogP contribution in [-0.2, 0) is 11.2 Å². The monoisotopic (exact) mass is 434 g/mol. The topological polar surface area (TPSA) is 60.9 Å². The van der Waals surface area contributed by atoms with Crippen LogP contribution in [0, 0.1) is 11.7 Å². The minimum atomic E-state index is -4.52. The number of halogens is 4. The van der Waals surface area contributed by atoms with E-state index in [1.807, 2.05) is 0 Å². The molecule has 0 radical (unpaired) electrons. The van der Waals surface area contributed by atoms with E-state index in [1.54, 1.807) is 16.7 Å². The fourth-order valence-corrected chi connectivity index (χ4v) is 4.71.